The molecule has 0 unspecified atom stereocenters. The summed E-state index contributed by atoms with van der Waals surface area (Å²) in [4.78, 5) is 241. The van der Waals surface area contributed by atoms with Crippen LogP contribution in [0, 0.1) is 5.92 Å². The van der Waals surface area contributed by atoms with Crippen molar-refractivity contribution in [1.82, 2.24) is 79.1 Å². The molecule has 3 rings (SSSR count). The van der Waals surface area contributed by atoms with Gasteiger partial charge in [-0.15, -0.1) is 0 Å². The zero-order chi connectivity index (χ0) is 77.3. The molecule has 2 aliphatic rings. The molecule has 576 valence electrons. The van der Waals surface area contributed by atoms with Crippen molar-refractivity contribution in [2.45, 2.75) is 182 Å². The smallest absolute Gasteiger partial charge is 0.469 e. The number of nitrogens with two attached hydrogens (primary N) is 4. The van der Waals surface area contributed by atoms with Crippen molar-refractivity contribution in [3.8, 4) is 0 Å². The minimum absolute atomic E-state index is 0.0144. The Labute approximate surface area is 604 Å². The van der Waals surface area contributed by atoms with Crippen LogP contribution in [0.2, 0.25) is 0 Å². The third-order valence-electron chi connectivity index (χ3n) is 15.5. The number of thioether (sulfide) groups is 2. The molecule has 0 aliphatic carbocycles. The molecule has 26 N–H and O–H groups in total. The van der Waals surface area contributed by atoms with Gasteiger partial charge in [0.15, 0.2) is 5.96 Å². The largest absolute Gasteiger partial charge is 0.481 e. The summed E-state index contributed by atoms with van der Waals surface area (Å²) >= 11 is 6.96. The summed E-state index contributed by atoms with van der Waals surface area (Å²) in [6.07, 6.45) is -0.563. The number of guanidine groups is 1. The van der Waals surface area contributed by atoms with E-state index in [4.69, 9.17) is 27.5 Å². The fourth-order valence-corrected chi connectivity index (χ4v) is 13.0. The number of carboxylic acid groups (broad SMARTS) is 2. The number of urea groups is 1. The summed E-state index contributed by atoms with van der Waals surface area (Å²) in [5, 5.41) is 50.9. The van der Waals surface area contributed by atoms with E-state index in [0.29, 0.717) is 12.8 Å². The highest BCUT2D eigenvalue weighted by Gasteiger charge is 2.43. The van der Waals surface area contributed by atoms with Gasteiger partial charge in [0, 0.05) is 60.9 Å². The molecular formula is C57H93N20O22PS3. The van der Waals surface area contributed by atoms with Crippen LogP contribution in [0.5, 0.6) is 0 Å². The number of carboxylic acids is 2. The van der Waals surface area contributed by atoms with Crippen molar-refractivity contribution >= 4 is 145 Å². The molecule has 13 atom stereocenters. The number of unbranched alkanes of at least 4 members (excludes halogenated alkanes) is 1. The van der Waals surface area contributed by atoms with E-state index in [1.54, 1.807) is 18.0 Å². The Morgan fingerprint density at radius 3 is 1.74 bits per heavy atom. The highest BCUT2D eigenvalue weighted by Crippen LogP contribution is 2.38. The number of amides is 15. The van der Waals surface area contributed by atoms with E-state index in [9.17, 15) is 101 Å². The molecule has 2 fully saturated rings. The highest BCUT2D eigenvalue weighted by atomic mass is 32.2. The van der Waals surface area contributed by atoms with E-state index in [0.717, 1.165) is 19.1 Å². The number of rotatable bonds is 49. The first-order valence-corrected chi connectivity index (χ1v) is 36.8. The van der Waals surface area contributed by atoms with Crippen molar-refractivity contribution in [2.75, 3.05) is 43.1 Å². The Morgan fingerprint density at radius 1 is 0.650 bits per heavy atom. The normalized spacial score (nSPS) is 17.4. The number of primary amides is 2. The molecule has 1 aromatic heterocycles. The molecule has 0 spiro atoms. The molecule has 0 radical (unpaired) electrons. The van der Waals surface area contributed by atoms with Crippen LogP contribution in [-0.2, 0) is 87.4 Å². The molecule has 42 nitrogen and oxygen atoms in total. The van der Waals surface area contributed by atoms with E-state index < -0.39 is 208 Å². The van der Waals surface area contributed by atoms with Gasteiger partial charge in [0.25, 0.3) is 0 Å². The quantitative estimate of drug-likeness (QED) is 0.00719. The fraction of sp³-hybridized carbons (Fsp3) is 0.649. The van der Waals surface area contributed by atoms with Gasteiger partial charge in [0.2, 0.25) is 76.8 Å². The summed E-state index contributed by atoms with van der Waals surface area (Å²) in [6, 6.07) is -16.2. The lowest BCUT2D eigenvalue weighted by atomic mass is 10.0. The van der Waals surface area contributed by atoms with Crippen LogP contribution in [-0.4, -0.2) is 252 Å². The van der Waals surface area contributed by atoms with Gasteiger partial charge in [-0.2, -0.15) is 36.2 Å². The second-order valence-electron chi connectivity index (χ2n) is 24.1. The van der Waals surface area contributed by atoms with Crippen LogP contribution >= 0.6 is 44.0 Å². The number of hydrogen-bond acceptors (Lipinski definition) is 23. The SMILES string of the molecule is CSCC[C@H](NC(=O)CNC(=O)CNC(=O)CCCC[C@@H]1SC[C@@H]2NC(=O)N[C@@H]21)C(=O)N[C@@H](Cc1cnc[nH]1)C(=O)N[C@@H](CCCN=C(N)N)C(=O)N[C@@H](CCC(N)=O)C(=O)N[C@@H](CCC(=O)O)C(=O)N[C@H](C(=O)N[C@H](C(=O)N[C@@H](CC(=O)O)C(=O)N[C@@H](CS)C(N)=O)C(C)C)[C@@H](C)OP(=O)(O)O. The number of imidazole rings is 1. The maximum Gasteiger partial charge on any atom is 0.469 e. The van der Waals surface area contributed by atoms with Gasteiger partial charge >= 0.3 is 25.8 Å². The Bertz CT molecular complexity index is 3240. The van der Waals surface area contributed by atoms with Crippen molar-refractivity contribution in [3.63, 3.8) is 0 Å². The lowest BCUT2D eigenvalue weighted by Gasteiger charge is -2.30. The molecule has 1 aromatic rings. The number of phosphoric ester groups is 1. The summed E-state index contributed by atoms with van der Waals surface area (Å²) in [5.74, 6) is -17.8. The first-order valence-electron chi connectivity index (χ1n) is 32.2. The number of aromatic amines is 1. The maximum atomic E-state index is 14.5. The molecule has 0 aromatic carbocycles. The minimum Gasteiger partial charge on any atom is -0.481 e. The zero-order valence-electron chi connectivity index (χ0n) is 56.7. The summed E-state index contributed by atoms with van der Waals surface area (Å²) in [6.45, 7) is 2.31. The predicted molar refractivity (Wildman–Crippen MR) is 371 cm³/mol. The summed E-state index contributed by atoms with van der Waals surface area (Å²) < 4.78 is 16.9. The lowest BCUT2D eigenvalue weighted by Crippen LogP contribution is -2.63. The first-order chi connectivity index (χ1) is 48.4. The number of phosphoric acid groups is 1. The van der Waals surface area contributed by atoms with Gasteiger partial charge < -0.3 is 117 Å². The molecule has 2 saturated heterocycles. The number of fused-ring (bicyclic) bond motifs is 1. The fourth-order valence-electron chi connectivity index (χ4n) is 10.1. The molecule has 2 aliphatic heterocycles. The van der Waals surface area contributed by atoms with Crippen molar-refractivity contribution in [3.05, 3.63) is 18.2 Å². The second-order valence-corrected chi connectivity index (χ2v) is 27.9. The van der Waals surface area contributed by atoms with Crippen molar-refractivity contribution in [1.29, 1.82) is 0 Å². The molecule has 15 amide bonds. The number of H-pyrrole nitrogens is 1. The van der Waals surface area contributed by atoms with Crippen LogP contribution in [0.15, 0.2) is 17.5 Å². The van der Waals surface area contributed by atoms with Crippen LogP contribution in [0.1, 0.15) is 104 Å². The molecule has 0 saturated carbocycles. The van der Waals surface area contributed by atoms with Crippen LogP contribution in [0.4, 0.5) is 4.79 Å². The topological polar surface area (TPSA) is 682 Å². The molecular weight excluding hydrogens is 1440 g/mol. The number of carbonyl (C=O) groups is 16. The number of aromatic nitrogens is 2. The highest BCUT2D eigenvalue weighted by molar-refractivity contribution is 8.00. The maximum absolute atomic E-state index is 14.5. The average molecular weight is 1540 g/mol. The first kappa shape index (κ1) is 88.2. The Hall–Kier alpha value is -9.04. The number of hydrogen-bond donors (Lipinski definition) is 23. The van der Waals surface area contributed by atoms with Crippen molar-refractivity contribution in [2.24, 2.45) is 33.8 Å². The van der Waals surface area contributed by atoms with E-state index in [1.165, 1.54) is 38.1 Å². The van der Waals surface area contributed by atoms with Gasteiger partial charge in [-0.3, -0.25) is 81.4 Å². The third-order valence-corrected chi connectivity index (χ3v) is 18.6. The number of aliphatic carboxylic acids is 2. The molecule has 103 heavy (non-hydrogen) atoms. The number of thiol groups is 1. The predicted octanol–water partition coefficient (Wildman–Crippen LogP) is -7.75. The number of nitrogens with one attached hydrogen (secondary N) is 14. The summed E-state index contributed by atoms with van der Waals surface area (Å²) in [7, 11) is -5.58. The van der Waals surface area contributed by atoms with Gasteiger partial charge in [-0.05, 0) is 69.8 Å². The van der Waals surface area contributed by atoms with Gasteiger partial charge in [0.1, 0.15) is 54.4 Å². The Balaban J connectivity index is 1.88. The average Bonchev–Trinajstić information content (AvgIpc) is 1.79. The van der Waals surface area contributed by atoms with E-state index in [-0.39, 0.29) is 85.2 Å². The molecule has 3 heterocycles. The van der Waals surface area contributed by atoms with Crippen LogP contribution in [0.25, 0.3) is 0 Å². The van der Waals surface area contributed by atoms with E-state index >= 15 is 0 Å². The Kier molecular flexibility index (Phi) is 38.1. The van der Waals surface area contributed by atoms with Crippen LogP contribution < -0.4 is 92.1 Å². The minimum atomic E-state index is -5.58. The number of carbonyl (C=O) groups excluding carboxylic acids is 14. The summed E-state index contributed by atoms with van der Waals surface area (Å²) in [5.41, 5.74) is 22.0. The van der Waals surface area contributed by atoms with Gasteiger partial charge in [-0.25, -0.2) is 14.3 Å². The van der Waals surface area contributed by atoms with Gasteiger partial charge in [0.05, 0.1) is 44.0 Å². The molecule has 46 heteroatoms. The lowest BCUT2D eigenvalue weighted by molar-refractivity contribution is -0.141. The monoisotopic (exact) mass is 1540 g/mol. The zero-order valence-corrected chi connectivity index (χ0v) is 60.1. The second kappa shape index (κ2) is 44.5. The Morgan fingerprint density at radius 2 is 1.18 bits per heavy atom. The van der Waals surface area contributed by atoms with Crippen molar-refractivity contribution < 1.29 is 106 Å². The number of nitrogens with zero attached hydrogens (tertiary/aromatic N) is 2. The standard InChI is InChI=1S/C57H93N20O22PS3/c1-26(2)44(54(93)72-34(19-43(84)85)53(92)73-35(23-101)47(59)86)75-55(94)45(27(3)99-100(96,97)98)76-51(90)31(12-14-42(82)83)70-49(88)30(11-13-38(58)78)69-48(87)29(8-7-16-63-56(60)61)68-52(91)33(18-28-20-62-25-66-28)71-50(89)32(15-17-102-4)67-41(81)22-65-40(80)21-64-39(79)10-6-5-9-37-46-36(24-103-37)74-57(95)77-46/h20,25-27,29-37,44-46,101H,5-19,21-24H2,1-4H3,(H2,58,78)(H2,59,86)(H,62,66)(H,64,79)(H,65,80)(H,67,81)(H,68,91)(H,69,87)(H,70,88)(H,71,89)(H,72,93)(H,73,92)(H,75,94)(H,76,90)(H,82,83)(H,84,85)(H4,60,61,63)(H2,74,77,95)(H2,96,97,98)/t27-,29+,30+,31+,32+,33+,34+,35+,36+,37+,44+,45+,46+/m1/s1. The van der Waals surface area contributed by atoms with Gasteiger partial charge in [-0.1, -0.05) is 20.3 Å². The molecule has 0 bridgehead atoms. The number of aliphatic imine (C=N–C) groups is 1. The van der Waals surface area contributed by atoms with Crippen LogP contribution in [0.3, 0.4) is 0 Å². The third kappa shape index (κ3) is 33.3. The van der Waals surface area contributed by atoms with E-state index in [1.807, 2.05) is 0 Å². The van der Waals surface area contributed by atoms with E-state index in [2.05, 4.69) is 96.7 Å².